The molecule has 0 aliphatic heterocycles. The van der Waals surface area contributed by atoms with Gasteiger partial charge in [-0.15, -0.1) is 0 Å². The molecule has 0 spiro atoms. The summed E-state index contributed by atoms with van der Waals surface area (Å²) in [5.41, 5.74) is 1.49. The number of aliphatic hydroxyl groups is 1. The van der Waals surface area contributed by atoms with Crippen LogP contribution < -0.4 is 10.9 Å². The Morgan fingerprint density at radius 2 is 1.83 bits per heavy atom. The van der Waals surface area contributed by atoms with Crippen molar-refractivity contribution in [1.82, 2.24) is 25.0 Å². The number of hydrogen-bond donors (Lipinski definition) is 3. The summed E-state index contributed by atoms with van der Waals surface area (Å²) in [5.74, 6) is -2.68. The summed E-state index contributed by atoms with van der Waals surface area (Å²) >= 11 is 0. The Hall–Kier alpha value is -3.34. The van der Waals surface area contributed by atoms with Crippen LogP contribution in [-0.2, 0) is 24.5 Å². The maximum Gasteiger partial charge on any atom is 0.425 e. The van der Waals surface area contributed by atoms with Crippen LogP contribution in [-0.4, -0.2) is 37.2 Å². The Kier molecular flexibility index (Phi) is 5.09. The predicted molar refractivity (Wildman–Crippen MR) is 96.3 cm³/mol. The molecule has 11 heteroatoms. The van der Waals surface area contributed by atoms with E-state index >= 15 is 0 Å². The summed E-state index contributed by atoms with van der Waals surface area (Å²) in [6.45, 7) is 0. The smallest absolute Gasteiger partial charge is 0.374 e. The zero-order valence-corrected chi connectivity index (χ0v) is 15.5. The quantitative estimate of drug-likeness (QED) is 0.569. The van der Waals surface area contributed by atoms with Crippen molar-refractivity contribution in [2.24, 2.45) is 14.1 Å². The van der Waals surface area contributed by atoms with Crippen molar-refractivity contribution in [1.29, 1.82) is 0 Å². The first-order chi connectivity index (χ1) is 13.5. The standard InChI is InChI=1S/C18H18F3N5O3/c1-25-8-7-22-16(25)17(29,18(19,20)21)9-14(27)23-24-15(28)12-10-26(2)13-6-4-3-5-11(12)13/h3-8,10,29H,9H2,1-2H3,(H,23,27)(H,24,28). The molecule has 0 radical (unpaired) electrons. The minimum atomic E-state index is -5.16. The number of imidazole rings is 1. The van der Waals surface area contributed by atoms with Crippen LogP contribution in [0.2, 0.25) is 0 Å². The molecule has 29 heavy (non-hydrogen) atoms. The highest BCUT2D eigenvalue weighted by Gasteiger charge is 2.58. The number of nitrogens with zero attached hydrogens (tertiary/aromatic N) is 3. The highest BCUT2D eigenvalue weighted by atomic mass is 19.4. The molecule has 1 atom stereocenters. The Morgan fingerprint density at radius 3 is 2.45 bits per heavy atom. The number of rotatable bonds is 4. The van der Waals surface area contributed by atoms with E-state index in [0.717, 1.165) is 16.3 Å². The first-order valence-electron chi connectivity index (χ1n) is 8.45. The SMILES string of the molecule is Cn1ccnc1C(O)(CC(=O)NNC(=O)c1cn(C)c2ccccc12)C(F)(F)F. The fourth-order valence-electron chi connectivity index (χ4n) is 3.06. The molecule has 1 unspecified atom stereocenters. The maximum atomic E-state index is 13.5. The van der Waals surface area contributed by atoms with Gasteiger partial charge in [0, 0.05) is 43.6 Å². The average molecular weight is 409 g/mol. The van der Waals surface area contributed by atoms with Gasteiger partial charge in [0.25, 0.3) is 5.91 Å². The van der Waals surface area contributed by atoms with Crippen molar-refractivity contribution in [3.8, 4) is 0 Å². The molecule has 8 nitrogen and oxygen atoms in total. The van der Waals surface area contributed by atoms with Crippen molar-refractivity contribution in [2.75, 3.05) is 0 Å². The molecule has 2 aromatic heterocycles. The van der Waals surface area contributed by atoms with Gasteiger partial charge in [-0.3, -0.25) is 20.4 Å². The number of halogens is 3. The second-order valence-electron chi connectivity index (χ2n) is 6.57. The molecule has 0 fully saturated rings. The minimum Gasteiger partial charge on any atom is -0.374 e. The number of alkyl halides is 3. The highest BCUT2D eigenvalue weighted by Crippen LogP contribution is 2.40. The van der Waals surface area contributed by atoms with Crippen molar-refractivity contribution in [3.63, 3.8) is 0 Å². The van der Waals surface area contributed by atoms with E-state index in [-0.39, 0.29) is 5.56 Å². The largest absolute Gasteiger partial charge is 0.425 e. The van der Waals surface area contributed by atoms with E-state index in [1.54, 1.807) is 35.9 Å². The van der Waals surface area contributed by atoms with E-state index < -0.39 is 35.8 Å². The number of nitrogens with one attached hydrogen (secondary N) is 2. The number of carbonyl (C=O) groups excluding carboxylic acids is 2. The van der Waals surface area contributed by atoms with Gasteiger partial charge in [-0.2, -0.15) is 13.2 Å². The monoisotopic (exact) mass is 409 g/mol. The van der Waals surface area contributed by atoms with Gasteiger partial charge in [0.15, 0.2) is 5.82 Å². The van der Waals surface area contributed by atoms with E-state index in [9.17, 15) is 27.9 Å². The van der Waals surface area contributed by atoms with Crippen LogP contribution in [0.5, 0.6) is 0 Å². The van der Waals surface area contributed by atoms with E-state index in [4.69, 9.17) is 0 Å². The van der Waals surface area contributed by atoms with Crippen LogP contribution in [0.25, 0.3) is 10.9 Å². The maximum absolute atomic E-state index is 13.5. The third-order valence-electron chi connectivity index (χ3n) is 4.53. The van der Waals surface area contributed by atoms with Gasteiger partial charge in [-0.25, -0.2) is 4.98 Å². The lowest BCUT2D eigenvalue weighted by Crippen LogP contribution is -2.50. The van der Waals surface area contributed by atoms with Crippen LogP contribution in [0.1, 0.15) is 22.6 Å². The Morgan fingerprint density at radius 1 is 1.14 bits per heavy atom. The molecule has 154 valence electrons. The van der Waals surface area contributed by atoms with Gasteiger partial charge in [0.1, 0.15) is 0 Å². The zero-order chi connectivity index (χ0) is 21.4. The number of hydrazine groups is 1. The molecule has 1 aromatic carbocycles. The molecule has 2 amide bonds. The summed E-state index contributed by atoms with van der Waals surface area (Å²) in [6, 6.07) is 7.02. The molecule has 0 saturated heterocycles. The molecule has 0 aliphatic carbocycles. The van der Waals surface area contributed by atoms with Gasteiger partial charge in [0.2, 0.25) is 11.5 Å². The van der Waals surface area contributed by atoms with E-state index in [1.807, 2.05) is 5.43 Å². The normalized spacial score (nSPS) is 13.9. The summed E-state index contributed by atoms with van der Waals surface area (Å²) in [5, 5.41) is 10.8. The molecular formula is C18H18F3N5O3. The summed E-state index contributed by atoms with van der Waals surface area (Å²) < 4.78 is 43.1. The van der Waals surface area contributed by atoms with E-state index in [1.165, 1.54) is 19.4 Å². The second-order valence-corrected chi connectivity index (χ2v) is 6.57. The number of fused-ring (bicyclic) bond motifs is 1. The molecule has 0 aliphatic rings. The molecule has 3 rings (SSSR count). The lowest BCUT2D eigenvalue weighted by Gasteiger charge is -2.29. The fourth-order valence-corrected chi connectivity index (χ4v) is 3.06. The van der Waals surface area contributed by atoms with Crippen molar-refractivity contribution in [3.05, 3.63) is 54.2 Å². The van der Waals surface area contributed by atoms with Gasteiger partial charge >= 0.3 is 6.18 Å². The van der Waals surface area contributed by atoms with E-state index in [2.05, 4.69) is 10.4 Å². The van der Waals surface area contributed by atoms with Gasteiger partial charge < -0.3 is 14.2 Å². The lowest BCUT2D eigenvalue weighted by molar-refractivity contribution is -0.271. The number of benzene rings is 1. The van der Waals surface area contributed by atoms with Crippen LogP contribution in [0.15, 0.2) is 42.9 Å². The van der Waals surface area contributed by atoms with Gasteiger partial charge in [-0.05, 0) is 6.07 Å². The minimum absolute atomic E-state index is 0.235. The number of carbonyl (C=O) groups is 2. The highest BCUT2D eigenvalue weighted by molar-refractivity contribution is 6.07. The second kappa shape index (κ2) is 7.24. The van der Waals surface area contributed by atoms with Gasteiger partial charge in [0.05, 0.1) is 12.0 Å². The third kappa shape index (κ3) is 3.68. The summed E-state index contributed by atoms with van der Waals surface area (Å²) in [7, 11) is 2.99. The van der Waals surface area contributed by atoms with Crippen LogP contribution >= 0.6 is 0 Å². The Labute approximate surface area is 162 Å². The lowest BCUT2D eigenvalue weighted by atomic mass is 9.97. The molecule has 0 saturated carbocycles. The zero-order valence-electron chi connectivity index (χ0n) is 15.5. The number of para-hydroxylation sites is 1. The van der Waals surface area contributed by atoms with Crippen LogP contribution in [0, 0.1) is 0 Å². The third-order valence-corrected chi connectivity index (χ3v) is 4.53. The van der Waals surface area contributed by atoms with Crippen LogP contribution in [0.4, 0.5) is 13.2 Å². The fraction of sp³-hybridized carbons (Fsp3) is 0.278. The Balaban J connectivity index is 1.74. The Bertz CT molecular complexity index is 1070. The average Bonchev–Trinajstić information content (AvgIpc) is 3.23. The molecule has 0 bridgehead atoms. The molecule has 3 N–H and O–H groups in total. The first-order valence-corrected chi connectivity index (χ1v) is 8.45. The van der Waals surface area contributed by atoms with Crippen molar-refractivity contribution < 1.29 is 27.9 Å². The van der Waals surface area contributed by atoms with E-state index in [0.29, 0.717) is 5.39 Å². The summed E-state index contributed by atoms with van der Waals surface area (Å²) in [6.07, 6.45) is -2.72. The number of aromatic nitrogens is 3. The molecule has 3 aromatic rings. The first kappa shape index (κ1) is 20.4. The predicted octanol–water partition coefficient (Wildman–Crippen LogP) is 1.51. The number of amides is 2. The van der Waals surface area contributed by atoms with Crippen LogP contribution in [0.3, 0.4) is 0 Å². The molecule has 2 heterocycles. The van der Waals surface area contributed by atoms with Gasteiger partial charge in [-0.1, -0.05) is 18.2 Å². The topological polar surface area (TPSA) is 101 Å². The molecular weight excluding hydrogens is 391 g/mol. The number of aryl methyl sites for hydroxylation is 2. The van der Waals surface area contributed by atoms with Crippen molar-refractivity contribution in [2.45, 2.75) is 18.2 Å². The number of hydrogen-bond acceptors (Lipinski definition) is 4. The summed E-state index contributed by atoms with van der Waals surface area (Å²) in [4.78, 5) is 28.0. The van der Waals surface area contributed by atoms with Crippen molar-refractivity contribution >= 4 is 22.7 Å².